The van der Waals surface area contributed by atoms with Crippen molar-refractivity contribution in [1.29, 1.82) is 0 Å². The first-order chi connectivity index (χ1) is 67.9. The first-order valence-electron chi connectivity index (χ1n) is 46.7. The van der Waals surface area contributed by atoms with Gasteiger partial charge in [0, 0.05) is 224 Å². The lowest BCUT2D eigenvalue weighted by atomic mass is 10.1. The van der Waals surface area contributed by atoms with Gasteiger partial charge < -0.3 is 46.6 Å². The summed E-state index contributed by atoms with van der Waals surface area (Å²) in [6.07, 6.45) is 14.4. The minimum atomic E-state index is -0.216. The molecule has 0 spiro atoms. The summed E-state index contributed by atoms with van der Waals surface area (Å²) >= 11 is 24.6. The predicted molar refractivity (Wildman–Crippen MR) is 550 cm³/mol. The number of oxazole rings is 1. The lowest BCUT2D eigenvalue weighted by Crippen LogP contribution is -2.48. The molecule has 4 fully saturated rings. The van der Waals surface area contributed by atoms with Crippen molar-refractivity contribution < 1.29 is 23.6 Å². The van der Waals surface area contributed by atoms with Gasteiger partial charge in [-0.05, 0) is 154 Å². The van der Waals surface area contributed by atoms with E-state index in [0.717, 1.165) is 215 Å². The van der Waals surface area contributed by atoms with Crippen molar-refractivity contribution in [3.05, 3.63) is 387 Å². The van der Waals surface area contributed by atoms with Crippen LogP contribution in [0.15, 0.2) is 332 Å². The van der Waals surface area contributed by atoms with Crippen LogP contribution in [0, 0.1) is 0 Å². The van der Waals surface area contributed by atoms with E-state index in [-0.39, 0.29) is 34.9 Å². The topological polar surface area (TPSA) is 222 Å². The molecule has 0 bridgehead atoms. The van der Waals surface area contributed by atoms with Crippen molar-refractivity contribution in [3.63, 3.8) is 0 Å². The molecule has 4 aliphatic heterocycles. The Bertz CT molecular complexity index is 7400. The number of amides is 4. The maximum Gasteiger partial charge on any atom is 0.291 e. The summed E-state index contributed by atoms with van der Waals surface area (Å²) in [5.41, 5.74) is 25.5. The van der Waals surface area contributed by atoms with E-state index >= 15 is 0 Å². The molecule has 1 N–H and O–H groups in total. The molecule has 24 nitrogen and oxygen atoms in total. The number of H-pyrrole nitrogens is 1. The Balaban J connectivity index is 0.000000118. The Morgan fingerprint density at radius 1 is 0.331 bits per heavy atom. The van der Waals surface area contributed by atoms with Gasteiger partial charge in [-0.25, -0.2) is 24.9 Å². The molecule has 8 aromatic carbocycles. The predicted octanol–water partition coefficient (Wildman–Crippen LogP) is 20.6. The fourth-order valence-electron chi connectivity index (χ4n) is 18.4. The number of benzene rings is 8. The average Bonchev–Trinajstić information content (AvgIpc) is 1.64. The molecular formula is C111H102Cl4N18O6. The first-order valence-corrected chi connectivity index (χ1v) is 48.2. The number of imidazole rings is 4. The number of hydrogen-bond donors (Lipinski definition) is 1. The maximum atomic E-state index is 12.9. The van der Waals surface area contributed by atoms with Crippen LogP contribution in [0.4, 0.5) is 0 Å². The van der Waals surface area contributed by atoms with Crippen LogP contribution in [0.25, 0.3) is 112 Å². The van der Waals surface area contributed by atoms with Gasteiger partial charge in [0.2, 0.25) is 23.1 Å². The minimum absolute atomic E-state index is 0.0648. The lowest BCUT2D eigenvalue weighted by molar-refractivity contribution is -0.129. The summed E-state index contributed by atoms with van der Waals surface area (Å²) in [4.78, 5) is 104. The van der Waals surface area contributed by atoms with Gasteiger partial charge in [-0.2, -0.15) is 0 Å². The number of nitrogens with zero attached hydrogens (tertiary/aromatic N) is 17. The second-order valence-electron chi connectivity index (χ2n) is 35.1. The number of fused-ring (bicyclic) bond motifs is 4. The normalized spacial score (nSPS) is 14.7. The summed E-state index contributed by atoms with van der Waals surface area (Å²) in [7, 11) is 1.88. The number of aromatic amines is 1. The fraction of sp³-hybridized carbons (Fsp3) is 0.207. The van der Waals surface area contributed by atoms with E-state index in [1.807, 2.05) is 172 Å². The van der Waals surface area contributed by atoms with E-state index in [4.69, 9.17) is 70.8 Å². The summed E-state index contributed by atoms with van der Waals surface area (Å²) in [6.45, 7) is 15.7. The number of likely N-dealkylation sites (N-methyl/N-ethyl adjacent to an activating group) is 1. The number of carbonyl (C=O) groups is 4. The van der Waals surface area contributed by atoms with Gasteiger partial charge in [0.1, 0.15) is 22.6 Å². The Morgan fingerprint density at radius 3 is 0.971 bits per heavy atom. The fourth-order valence-corrected chi connectivity index (χ4v) is 18.9. The third-order valence-corrected chi connectivity index (χ3v) is 27.1. The Morgan fingerprint density at radius 2 is 0.647 bits per heavy atom. The van der Waals surface area contributed by atoms with Crippen molar-refractivity contribution in [1.82, 2.24) is 86.7 Å². The molecule has 4 saturated heterocycles. The van der Waals surface area contributed by atoms with Gasteiger partial charge in [0.25, 0.3) is 11.8 Å². The Hall–Kier alpha value is -14.4. The average molecular weight is 1930 g/mol. The maximum absolute atomic E-state index is 12.9. The molecule has 22 rings (SSSR count). The first kappa shape index (κ1) is 93.6. The molecule has 0 aliphatic carbocycles. The SMILES string of the molecule is CC(=O)N1CCCN(Cc2c(-c3ccc(Cl)cc3)nc3ccc(-c4ccccc4)cn23)CC1.CN1CCN(Cc2c(-c3ccc(Cl)cc3)nc3ccc(-c4ccccc4)cn23)CCC1=O.O=C(c1ccc(=O)[nH]c1)N1CCN(Cc2c(-c3ccc(Cl)cc3)nc3ccc(-c4ccccc4)cn23)CC1.O=C(c1cnco1)N1CCN(Cc2c(-c3ccc(Cl)cc3)nc3ccc(-c4ccccc4)cn23)CC1. The summed E-state index contributed by atoms with van der Waals surface area (Å²) in [6, 6.07) is 92.5. The van der Waals surface area contributed by atoms with Crippen molar-refractivity contribution in [2.24, 2.45) is 0 Å². The van der Waals surface area contributed by atoms with Crippen LogP contribution in [-0.2, 0) is 35.8 Å². The molecule has 28 heteroatoms. The zero-order valence-electron chi connectivity index (χ0n) is 77.0. The van der Waals surface area contributed by atoms with E-state index in [9.17, 15) is 24.0 Å². The molecule has 0 saturated carbocycles. The standard InChI is InChI=1S/C30H26ClN5O2.C28H24ClN5O2.C27H27ClN4O.C26H25ClN4O/c31-25-10-6-22(7-11-25)29-26(36-19-24(8-12-27(36)33-29)21-4-2-1-3-5-21)20-34-14-16-35(17-15-34)30(38)23-9-13-28(37)32-18-23;29-23-9-6-21(7-10-23)27-24(18-32-12-14-33(15-13-32)28(35)25-16-30-19-36-25)34-17-22(8-11-26(34)31-27)20-4-2-1-3-5-20;1-20(33)31-15-5-14-30(16-17-31)19-25-27(22-8-11-24(28)12-9-22)29-26-13-10-23(18-32(25)26)21-6-3-2-4-7-21;1-29-15-16-30(14-13-25(29)32)18-23-26(20-7-10-22(27)11-8-20)28-24-12-9-21(17-31(23)24)19-5-3-2-4-6-19/h1-13,18-19H,14-17,20H2,(H,32,37);1-11,16-17,19H,12-15,18H2;2-4,6-13,18H,5,14-17,19H2,1H3;2-12,17H,13-16,18H2,1H3. The van der Waals surface area contributed by atoms with E-state index in [1.54, 1.807) is 13.0 Å². The number of nitrogens with one attached hydrogen (secondary N) is 1. The number of piperazine rings is 2. The highest BCUT2D eigenvalue weighted by Crippen LogP contribution is 2.37. The highest BCUT2D eigenvalue weighted by molar-refractivity contribution is 6.31. The van der Waals surface area contributed by atoms with Gasteiger partial charge >= 0.3 is 0 Å². The summed E-state index contributed by atoms with van der Waals surface area (Å²) < 4.78 is 14.0. The van der Waals surface area contributed by atoms with E-state index in [2.05, 4.69) is 193 Å². The molecule has 14 heterocycles. The molecule has 0 radical (unpaired) electrons. The molecule has 0 unspecified atom stereocenters. The van der Waals surface area contributed by atoms with Crippen LogP contribution in [-0.4, -0.2) is 216 Å². The van der Waals surface area contributed by atoms with Gasteiger partial charge in [-0.15, -0.1) is 0 Å². The van der Waals surface area contributed by atoms with Crippen LogP contribution in [0.3, 0.4) is 0 Å². The summed E-state index contributed by atoms with van der Waals surface area (Å²) in [5, 5.41) is 2.81. The second-order valence-corrected chi connectivity index (χ2v) is 36.9. The molecule has 18 aromatic rings. The molecule has 10 aromatic heterocycles. The zero-order valence-corrected chi connectivity index (χ0v) is 80.0. The monoisotopic (exact) mass is 1920 g/mol. The number of hydrogen-bond acceptors (Lipinski definition) is 15. The van der Waals surface area contributed by atoms with E-state index < -0.39 is 0 Å². The Labute approximate surface area is 825 Å². The quantitative estimate of drug-likeness (QED) is 0.0844. The number of carbonyl (C=O) groups excluding carboxylic acids is 4. The summed E-state index contributed by atoms with van der Waals surface area (Å²) in [5.74, 6) is 0.459. The number of rotatable bonds is 18. The van der Waals surface area contributed by atoms with Crippen LogP contribution < -0.4 is 5.56 Å². The van der Waals surface area contributed by atoms with Crippen LogP contribution in [0.1, 0.15) is 63.5 Å². The smallest absolute Gasteiger partial charge is 0.291 e. The van der Waals surface area contributed by atoms with Gasteiger partial charge in [0.15, 0.2) is 6.39 Å². The van der Waals surface area contributed by atoms with Crippen molar-refractivity contribution in [2.45, 2.75) is 45.9 Å². The molecule has 4 amide bonds. The zero-order chi connectivity index (χ0) is 95.4. The minimum Gasteiger partial charge on any atom is -0.438 e. The van der Waals surface area contributed by atoms with E-state index in [0.29, 0.717) is 71.3 Å². The van der Waals surface area contributed by atoms with Crippen molar-refractivity contribution in [2.75, 3.05) is 105 Å². The third-order valence-electron chi connectivity index (χ3n) is 26.1. The van der Waals surface area contributed by atoms with Gasteiger partial charge in [0.05, 0.1) is 57.3 Å². The van der Waals surface area contributed by atoms with Crippen LogP contribution in [0.5, 0.6) is 0 Å². The van der Waals surface area contributed by atoms with Gasteiger partial charge in [-0.1, -0.05) is 216 Å². The van der Waals surface area contributed by atoms with Gasteiger partial charge in [-0.3, -0.25) is 43.6 Å². The Kier molecular flexibility index (Phi) is 29.0. The largest absolute Gasteiger partial charge is 0.438 e. The highest BCUT2D eigenvalue weighted by Gasteiger charge is 2.31. The van der Waals surface area contributed by atoms with Crippen molar-refractivity contribution in [3.8, 4) is 89.5 Å². The molecule has 139 heavy (non-hydrogen) atoms. The highest BCUT2D eigenvalue weighted by atomic mass is 35.5. The van der Waals surface area contributed by atoms with Crippen LogP contribution >= 0.6 is 46.4 Å². The number of halogens is 4. The molecular weight excluding hydrogens is 1820 g/mol. The van der Waals surface area contributed by atoms with E-state index in [1.165, 1.54) is 36.0 Å². The molecule has 700 valence electrons. The molecule has 4 aliphatic rings. The van der Waals surface area contributed by atoms with Crippen molar-refractivity contribution >= 4 is 92.6 Å². The van der Waals surface area contributed by atoms with Crippen LogP contribution in [0.2, 0.25) is 20.1 Å². The number of pyridine rings is 5. The second kappa shape index (κ2) is 43.1. The molecule has 0 atom stereocenters. The lowest BCUT2D eigenvalue weighted by Gasteiger charge is -2.34. The third kappa shape index (κ3) is 22.1. The number of aromatic nitrogens is 10.